The fraction of sp³-hybridized carbons (Fsp3) is 0.159. The molecule has 6 aromatic carbocycles. The lowest BCUT2D eigenvalue weighted by Gasteiger charge is -2.12. The molecule has 77 heavy (non-hydrogen) atoms. The second-order valence-corrected chi connectivity index (χ2v) is 19.8. The van der Waals surface area contributed by atoms with Gasteiger partial charge in [-0.1, -0.05) is 120 Å². The van der Waals surface area contributed by atoms with E-state index in [-0.39, 0.29) is 11.1 Å². The number of carboxylic acid groups (broad SMARTS) is 3. The molecule has 0 bridgehead atoms. The average Bonchev–Trinajstić information content (AvgIpc) is 4.27. The maximum absolute atomic E-state index is 11.7. The van der Waals surface area contributed by atoms with Crippen LogP contribution in [-0.4, -0.2) is 53.2 Å². The van der Waals surface area contributed by atoms with Crippen molar-refractivity contribution in [3.63, 3.8) is 0 Å². The highest BCUT2D eigenvalue weighted by molar-refractivity contribution is 6.33. The van der Waals surface area contributed by atoms with Gasteiger partial charge in [0.1, 0.15) is 0 Å². The molecule has 384 valence electrons. The number of benzene rings is 6. The van der Waals surface area contributed by atoms with Crippen LogP contribution in [0.1, 0.15) is 110 Å². The Bertz CT molecular complexity index is 3610. The molecule has 13 nitrogen and oxygen atoms in total. The molecule has 0 aliphatic heterocycles. The van der Waals surface area contributed by atoms with Gasteiger partial charge in [-0.05, 0) is 134 Å². The van der Waals surface area contributed by atoms with Crippen LogP contribution in [0, 0.1) is 6.92 Å². The molecule has 3 aliphatic rings. The van der Waals surface area contributed by atoms with Crippen molar-refractivity contribution >= 4 is 63.6 Å². The van der Waals surface area contributed by atoms with Crippen LogP contribution in [0.4, 0.5) is 34.1 Å². The van der Waals surface area contributed by atoms with Crippen LogP contribution in [0.3, 0.4) is 0 Å². The second-order valence-electron chi connectivity index (χ2n) is 19.4. The van der Waals surface area contributed by atoms with Crippen molar-refractivity contribution in [1.29, 1.82) is 0 Å². The minimum absolute atomic E-state index is 0.207. The number of anilines is 6. The van der Waals surface area contributed by atoms with Gasteiger partial charge in [0.15, 0.2) is 5.82 Å². The van der Waals surface area contributed by atoms with E-state index in [2.05, 4.69) is 54.1 Å². The fourth-order valence-corrected chi connectivity index (χ4v) is 9.32. The Labute approximate surface area is 450 Å². The monoisotopic (exact) mass is 1040 g/mol. The van der Waals surface area contributed by atoms with Gasteiger partial charge in [0, 0.05) is 22.9 Å². The minimum Gasteiger partial charge on any atom is -0.478 e. The summed E-state index contributed by atoms with van der Waals surface area (Å²) < 4.78 is 0. The summed E-state index contributed by atoms with van der Waals surface area (Å²) in [7, 11) is 0. The number of hydrogen-bond donors (Lipinski definition) is 6. The standard InChI is InChI=1S/C23H21N3O2.C21H18N2O2.C19H15ClN2O2/c27-23(28)20-11-16(14-5-6-14)9-10-21(20)26-17-12-24-22(25-13-17)19-4-2-1-3-18(19)15-7-8-15;24-21(25)19-11-16(15-6-7-15)8-9-20(19)23-18-10-17(12-22-13-18)14-4-2-1-3-5-14;1-12-7-8-17(15(9-12)19(23)24)22-14-10-16(20)18(21-11-14)13-5-3-2-4-6-13/h1-4,9-15,26H,5-8H2,(H,27,28);1-5,8-13,15,23H,6-7H2,(H,24,25);2-11,22H,1H3,(H,23,24). The number of rotatable bonds is 15. The molecule has 0 atom stereocenters. The maximum atomic E-state index is 11.7. The number of nitrogens with one attached hydrogen (secondary N) is 3. The molecule has 3 saturated carbocycles. The van der Waals surface area contributed by atoms with E-state index in [9.17, 15) is 29.7 Å². The van der Waals surface area contributed by atoms with Crippen LogP contribution >= 0.6 is 11.6 Å². The lowest BCUT2D eigenvalue weighted by Crippen LogP contribution is -2.04. The van der Waals surface area contributed by atoms with Gasteiger partial charge in [-0.15, -0.1) is 0 Å². The summed E-state index contributed by atoms with van der Waals surface area (Å²) in [4.78, 5) is 52.4. The number of pyridine rings is 2. The van der Waals surface area contributed by atoms with Gasteiger partial charge in [0.05, 0.1) is 86.3 Å². The summed E-state index contributed by atoms with van der Waals surface area (Å²) in [5.41, 5.74) is 13.7. The average molecular weight is 1040 g/mol. The van der Waals surface area contributed by atoms with Crippen LogP contribution in [0.2, 0.25) is 5.02 Å². The lowest BCUT2D eigenvalue weighted by atomic mass is 10.0. The summed E-state index contributed by atoms with van der Waals surface area (Å²) in [6, 6.07) is 48.1. The molecular weight excluding hydrogens is 986 g/mol. The van der Waals surface area contributed by atoms with Crippen LogP contribution in [-0.2, 0) is 0 Å². The largest absolute Gasteiger partial charge is 0.478 e. The van der Waals surface area contributed by atoms with E-state index in [4.69, 9.17) is 11.6 Å². The molecule has 6 N–H and O–H groups in total. The lowest BCUT2D eigenvalue weighted by molar-refractivity contribution is 0.0687. The van der Waals surface area contributed by atoms with Gasteiger partial charge < -0.3 is 31.3 Å². The molecule has 0 amide bonds. The van der Waals surface area contributed by atoms with Crippen molar-refractivity contribution in [1.82, 2.24) is 19.9 Å². The fourth-order valence-electron chi connectivity index (χ4n) is 9.04. The summed E-state index contributed by atoms with van der Waals surface area (Å²) in [5, 5.41) is 38.4. The summed E-state index contributed by atoms with van der Waals surface area (Å²) in [5.74, 6) is -0.466. The Morgan fingerprint density at radius 2 is 0.948 bits per heavy atom. The number of aromatic nitrogens is 4. The van der Waals surface area contributed by atoms with Crippen molar-refractivity contribution in [2.75, 3.05) is 16.0 Å². The first-order chi connectivity index (χ1) is 37.4. The third kappa shape index (κ3) is 13.0. The zero-order valence-electron chi connectivity index (χ0n) is 42.0. The Kier molecular flexibility index (Phi) is 15.4. The van der Waals surface area contributed by atoms with E-state index in [0.717, 1.165) is 70.3 Å². The van der Waals surface area contributed by atoms with Crippen molar-refractivity contribution in [2.24, 2.45) is 0 Å². The number of aromatic carboxylic acids is 3. The van der Waals surface area contributed by atoms with Crippen molar-refractivity contribution in [2.45, 2.75) is 63.2 Å². The summed E-state index contributed by atoms with van der Waals surface area (Å²) in [6.07, 6.45) is 15.6. The predicted octanol–water partition coefficient (Wildman–Crippen LogP) is 15.6. The second kappa shape index (κ2) is 23.1. The molecule has 9 aromatic rings. The van der Waals surface area contributed by atoms with Gasteiger partial charge in [-0.2, -0.15) is 0 Å². The van der Waals surface area contributed by atoms with E-state index >= 15 is 0 Å². The number of carbonyl (C=O) groups is 3. The van der Waals surface area contributed by atoms with Gasteiger partial charge in [-0.3, -0.25) is 9.97 Å². The zero-order chi connectivity index (χ0) is 53.4. The third-order valence-electron chi connectivity index (χ3n) is 13.5. The Hall–Kier alpha value is -9.20. The van der Waals surface area contributed by atoms with Crippen LogP contribution in [0.5, 0.6) is 0 Å². The number of carboxylic acids is 3. The Morgan fingerprint density at radius 1 is 0.468 bits per heavy atom. The molecule has 3 fully saturated rings. The summed E-state index contributed by atoms with van der Waals surface area (Å²) >= 11 is 6.34. The third-order valence-corrected chi connectivity index (χ3v) is 13.8. The molecule has 3 aliphatic carbocycles. The SMILES string of the molecule is Cc1ccc(Nc2cnc(-c3ccccc3)c(Cl)c2)c(C(=O)O)c1.O=C(O)c1cc(C2CC2)ccc1Nc1cnc(-c2ccccc2C2CC2)nc1.O=C(O)c1cc(C2CC2)ccc1Nc1cncc(-c2ccccc2)c1. The molecule has 0 spiro atoms. The molecule has 14 heteroatoms. The minimum atomic E-state index is -0.985. The van der Waals surface area contributed by atoms with Gasteiger partial charge in [0.2, 0.25) is 0 Å². The smallest absolute Gasteiger partial charge is 0.337 e. The van der Waals surface area contributed by atoms with Crippen LogP contribution < -0.4 is 16.0 Å². The van der Waals surface area contributed by atoms with Crippen LogP contribution in [0.25, 0.3) is 33.8 Å². The first kappa shape index (κ1) is 51.3. The molecule has 0 saturated heterocycles. The van der Waals surface area contributed by atoms with Gasteiger partial charge >= 0.3 is 17.9 Å². The van der Waals surface area contributed by atoms with Crippen LogP contribution in [0.15, 0.2) is 183 Å². The van der Waals surface area contributed by atoms with E-state index in [1.165, 1.54) is 18.4 Å². The number of hydrogen-bond acceptors (Lipinski definition) is 10. The highest BCUT2D eigenvalue weighted by Gasteiger charge is 2.28. The normalized spacial score (nSPS) is 13.4. The maximum Gasteiger partial charge on any atom is 0.337 e. The van der Waals surface area contributed by atoms with Crippen molar-refractivity contribution in [3.05, 3.63) is 227 Å². The number of aryl methyl sites for hydroxylation is 1. The molecular formula is C63H54ClN7O6. The highest BCUT2D eigenvalue weighted by atomic mass is 35.5. The zero-order valence-corrected chi connectivity index (χ0v) is 42.8. The first-order valence-corrected chi connectivity index (χ1v) is 25.8. The quantitative estimate of drug-likeness (QED) is 0.0567. The highest BCUT2D eigenvalue weighted by Crippen LogP contribution is 2.45. The molecule has 3 aromatic heterocycles. The molecule has 0 radical (unpaired) electrons. The number of nitrogens with zero attached hydrogens (tertiary/aromatic N) is 4. The number of halogens is 1. The van der Waals surface area contributed by atoms with Gasteiger partial charge in [0.25, 0.3) is 0 Å². The molecule has 3 heterocycles. The van der Waals surface area contributed by atoms with Crippen molar-refractivity contribution in [3.8, 4) is 33.8 Å². The molecule has 12 rings (SSSR count). The van der Waals surface area contributed by atoms with Gasteiger partial charge in [-0.25, -0.2) is 24.4 Å². The van der Waals surface area contributed by atoms with E-state index in [1.807, 2.05) is 110 Å². The topological polar surface area (TPSA) is 200 Å². The van der Waals surface area contributed by atoms with E-state index in [0.29, 0.717) is 68.3 Å². The van der Waals surface area contributed by atoms with E-state index in [1.54, 1.807) is 61.3 Å². The first-order valence-electron chi connectivity index (χ1n) is 25.5. The summed E-state index contributed by atoms with van der Waals surface area (Å²) in [6.45, 7) is 1.85. The predicted molar refractivity (Wildman–Crippen MR) is 303 cm³/mol. The van der Waals surface area contributed by atoms with E-state index < -0.39 is 17.9 Å². The Balaban J connectivity index is 0.000000132. The Morgan fingerprint density at radius 3 is 1.49 bits per heavy atom. The van der Waals surface area contributed by atoms with Crippen molar-refractivity contribution < 1.29 is 29.7 Å². The molecule has 0 unspecified atom stereocenters.